The maximum Gasteiger partial charge on any atom is 0.128 e. The van der Waals surface area contributed by atoms with Crippen LogP contribution in [0.5, 0.6) is 0 Å². The van der Waals surface area contributed by atoms with Crippen LogP contribution < -0.4 is 10.6 Å². The van der Waals surface area contributed by atoms with Crippen molar-refractivity contribution in [3.05, 3.63) is 17.8 Å². The molecule has 4 nitrogen and oxygen atoms in total. The number of methoxy groups -OCH3 is 1. The molecule has 94 valence electrons. The molecule has 0 radical (unpaired) electrons. The molecule has 2 N–H and O–H groups in total. The van der Waals surface area contributed by atoms with E-state index < -0.39 is 0 Å². The Kier molecular flexibility index (Phi) is 3.84. The Hall–Kier alpha value is -1.29. The van der Waals surface area contributed by atoms with Gasteiger partial charge in [0.2, 0.25) is 0 Å². The molecule has 0 unspecified atom stereocenters. The molecule has 4 heteroatoms. The summed E-state index contributed by atoms with van der Waals surface area (Å²) in [6.45, 7) is 5.02. The first-order chi connectivity index (χ1) is 8.20. The lowest BCUT2D eigenvalue weighted by Gasteiger charge is -2.32. The summed E-state index contributed by atoms with van der Waals surface area (Å²) in [6, 6.07) is 2.08. The number of ether oxygens (including phenoxy) is 1. The second kappa shape index (κ2) is 5.36. The fourth-order valence-electron chi connectivity index (χ4n) is 2.29. The van der Waals surface area contributed by atoms with Crippen molar-refractivity contribution >= 4 is 11.5 Å². The van der Waals surface area contributed by atoms with Crippen LogP contribution in [0.15, 0.2) is 12.3 Å². The van der Waals surface area contributed by atoms with Crippen LogP contribution in [-0.2, 0) is 4.74 Å². The number of hydrogen-bond acceptors (Lipinski definition) is 4. The summed E-state index contributed by atoms with van der Waals surface area (Å²) >= 11 is 0. The van der Waals surface area contributed by atoms with Gasteiger partial charge in [0.1, 0.15) is 5.82 Å². The lowest BCUT2D eigenvalue weighted by atomic mass is 9.98. The summed E-state index contributed by atoms with van der Waals surface area (Å²) in [5, 5.41) is 0. The molecule has 1 aliphatic heterocycles. The van der Waals surface area contributed by atoms with E-state index in [0.717, 1.165) is 36.8 Å². The normalized spacial score (nSPS) is 17.4. The number of hydrogen-bond donors (Lipinski definition) is 1. The molecule has 0 amide bonds. The second-order valence-corrected chi connectivity index (χ2v) is 4.78. The number of nitrogens with zero attached hydrogens (tertiary/aromatic N) is 2. The van der Waals surface area contributed by atoms with E-state index in [1.165, 1.54) is 12.8 Å². The lowest BCUT2D eigenvalue weighted by Crippen LogP contribution is -2.35. The summed E-state index contributed by atoms with van der Waals surface area (Å²) in [5.41, 5.74) is 7.65. The number of aryl methyl sites for hydroxylation is 1. The van der Waals surface area contributed by atoms with Gasteiger partial charge in [-0.15, -0.1) is 0 Å². The van der Waals surface area contributed by atoms with Crippen molar-refractivity contribution in [2.45, 2.75) is 19.8 Å². The molecule has 1 aromatic rings. The van der Waals surface area contributed by atoms with Gasteiger partial charge < -0.3 is 15.4 Å². The van der Waals surface area contributed by atoms with E-state index in [2.05, 4.69) is 16.0 Å². The first-order valence-electron chi connectivity index (χ1n) is 6.16. The quantitative estimate of drug-likeness (QED) is 0.868. The monoisotopic (exact) mass is 235 g/mol. The summed E-state index contributed by atoms with van der Waals surface area (Å²) in [5.74, 6) is 1.75. The Morgan fingerprint density at radius 3 is 2.76 bits per heavy atom. The Balaban J connectivity index is 1.98. The van der Waals surface area contributed by atoms with Crippen LogP contribution in [0.2, 0.25) is 0 Å². The van der Waals surface area contributed by atoms with E-state index >= 15 is 0 Å². The van der Waals surface area contributed by atoms with Crippen LogP contribution in [0.1, 0.15) is 18.4 Å². The van der Waals surface area contributed by atoms with Gasteiger partial charge in [0.15, 0.2) is 0 Å². The number of piperidine rings is 1. The Labute approximate surface area is 103 Å². The highest BCUT2D eigenvalue weighted by Crippen LogP contribution is 2.23. The third kappa shape index (κ3) is 2.88. The van der Waals surface area contributed by atoms with Gasteiger partial charge in [-0.1, -0.05) is 0 Å². The van der Waals surface area contributed by atoms with Gasteiger partial charge in [0, 0.05) is 26.8 Å². The predicted molar refractivity (Wildman–Crippen MR) is 70.2 cm³/mol. The van der Waals surface area contributed by atoms with Crippen LogP contribution in [0, 0.1) is 12.8 Å². The van der Waals surface area contributed by atoms with Crippen molar-refractivity contribution in [1.82, 2.24) is 4.98 Å². The lowest BCUT2D eigenvalue weighted by molar-refractivity contribution is 0.139. The third-order valence-electron chi connectivity index (χ3n) is 3.48. The molecular weight excluding hydrogens is 214 g/mol. The predicted octanol–water partition coefficient (Wildman–Crippen LogP) is 1.84. The molecule has 1 aliphatic rings. The number of aromatic nitrogens is 1. The zero-order valence-corrected chi connectivity index (χ0v) is 10.6. The Morgan fingerprint density at radius 1 is 1.47 bits per heavy atom. The van der Waals surface area contributed by atoms with E-state index in [1.54, 1.807) is 13.3 Å². The van der Waals surface area contributed by atoms with Crippen LogP contribution in [-0.4, -0.2) is 31.8 Å². The van der Waals surface area contributed by atoms with Gasteiger partial charge >= 0.3 is 0 Å². The van der Waals surface area contributed by atoms with Gasteiger partial charge in [-0.2, -0.15) is 0 Å². The summed E-state index contributed by atoms with van der Waals surface area (Å²) in [7, 11) is 1.78. The van der Waals surface area contributed by atoms with Crippen molar-refractivity contribution < 1.29 is 4.74 Å². The standard InChI is InChI=1S/C13H21N3O/c1-10-7-13(15-8-12(10)14)16-5-3-11(4-6-16)9-17-2/h7-8,11H,3-6,9,14H2,1-2H3. The van der Waals surface area contributed by atoms with Crippen molar-refractivity contribution in [1.29, 1.82) is 0 Å². The minimum absolute atomic E-state index is 0.700. The Morgan fingerprint density at radius 2 is 2.18 bits per heavy atom. The van der Waals surface area contributed by atoms with Crippen molar-refractivity contribution in [3.8, 4) is 0 Å². The molecule has 17 heavy (non-hydrogen) atoms. The molecule has 2 heterocycles. The summed E-state index contributed by atoms with van der Waals surface area (Å²) in [6.07, 6.45) is 4.11. The fourth-order valence-corrected chi connectivity index (χ4v) is 2.29. The number of anilines is 2. The maximum absolute atomic E-state index is 5.78. The minimum Gasteiger partial charge on any atom is -0.397 e. The average Bonchev–Trinajstić information content (AvgIpc) is 2.34. The van der Waals surface area contributed by atoms with E-state index in [0.29, 0.717) is 5.92 Å². The number of nitrogens with two attached hydrogens (primary N) is 1. The van der Waals surface area contributed by atoms with E-state index in [-0.39, 0.29) is 0 Å². The highest BCUT2D eigenvalue weighted by molar-refractivity contribution is 5.52. The number of nitrogen functional groups attached to an aromatic ring is 1. The second-order valence-electron chi connectivity index (χ2n) is 4.78. The van der Waals surface area contributed by atoms with Crippen LogP contribution in [0.3, 0.4) is 0 Å². The zero-order chi connectivity index (χ0) is 12.3. The minimum atomic E-state index is 0.700. The molecule has 0 saturated carbocycles. The van der Waals surface area contributed by atoms with Crippen LogP contribution >= 0.6 is 0 Å². The van der Waals surface area contributed by atoms with Crippen molar-refractivity contribution in [2.75, 3.05) is 37.4 Å². The molecule has 2 rings (SSSR count). The first-order valence-corrected chi connectivity index (χ1v) is 6.16. The molecule has 0 bridgehead atoms. The van der Waals surface area contributed by atoms with E-state index in [4.69, 9.17) is 10.5 Å². The first kappa shape index (κ1) is 12.2. The fraction of sp³-hybridized carbons (Fsp3) is 0.615. The molecule has 0 aromatic carbocycles. The molecule has 1 fully saturated rings. The largest absolute Gasteiger partial charge is 0.397 e. The van der Waals surface area contributed by atoms with Gasteiger partial charge in [-0.3, -0.25) is 0 Å². The third-order valence-corrected chi connectivity index (χ3v) is 3.48. The van der Waals surface area contributed by atoms with Gasteiger partial charge in [-0.25, -0.2) is 4.98 Å². The topological polar surface area (TPSA) is 51.4 Å². The van der Waals surface area contributed by atoms with Crippen molar-refractivity contribution in [3.63, 3.8) is 0 Å². The number of pyridine rings is 1. The van der Waals surface area contributed by atoms with E-state index in [1.807, 2.05) is 6.92 Å². The highest BCUT2D eigenvalue weighted by Gasteiger charge is 2.20. The average molecular weight is 235 g/mol. The molecule has 1 saturated heterocycles. The van der Waals surface area contributed by atoms with Crippen LogP contribution in [0.25, 0.3) is 0 Å². The molecule has 1 aromatic heterocycles. The van der Waals surface area contributed by atoms with Gasteiger partial charge in [-0.05, 0) is 37.3 Å². The maximum atomic E-state index is 5.78. The highest BCUT2D eigenvalue weighted by atomic mass is 16.5. The van der Waals surface area contributed by atoms with Gasteiger partial charge in [0.05, 0.1) is 11.9 Å². The van der Waals surface area contributed by atoms with Crippen LogP contribution in [0.4, 0.5) is 11.5 Å². The smallest absolute Gasteiger partial charge is 0.128 e. The zero-order valence-electron chi connectivity index (χ0n) is 10.6. The SMILES string of the molecule is COCC1CCN(c2cc(C)c(N)cn2)CC1. The Bertz CT molecular complexity index is 373. The van der Waals surface area contributed by atoms with E-state index in [9.17, 15) is 0 Å². The molecule has 0 atom stereocenters. The molecule has 0 spiro atoms. The van der Waals surface area contributed by atoms with Gasteiger partial charge in [0.25, 0.3) is 0 Å². The summed E-state index contributed by atoms with van der Waals surface area (Å²) < 4.78 is 5.21. The van der Waals surface area contributed by atoms with Crippen molar-refractivity contribution in [2.24, 2.45) is 5.92 Å². The molecular formula is C13H21N3O. The molecule has 0 aliphatic carbocycles. The summed E-state index contributed by atoms with van der Waals surface area (Å²) in [4.78, 5) is 6.74. The number of rotatable bonds is 3.